The van der Waals surface area contributed by atoms with E-state index in [4.69, 9.17) is 11.5 Å². The van der Waals surface area contributed by atoms with Crippen molar-refractivity contribution in [3.05, 3.63) is 23.8 Å². The van der Waals surface area contributed by atoms with Crippen molar-refractivity contribution in [3.63, 3.8) is 0 Å². The van der Waals surface area contributed by atoms with Crippen molar-refractivity contribution in [1.82, 2.24) is 0 Å². The van der Waals surface area contributed by atoms with E-state index in [1.54, 1.807) is 18.2 Å². The van der Waals surface area contributed by atoms with Crippen molar-refractivity contribution in [3.8, 4) is 0 Å². The van der Waals surface area contributed by atoms with E-state index < -0.39 is 15.7 Å². The number of primary amides is 1. The average molecular weight is 283 g/mol. The molecule has 5 N–H and O–H groups in total. The predicted molar refractivity (Wildman–Crippen MR) is 74.7 cm³/mol. The van der Waals surface area contributed by atoms with E-state index in [9.17, 15) is 13.2 Å². The lowest BCUT2D eigenvalue weighted by molar-refractivity contribution is 0.100. The van der Waals surface area contributed by atoms with E-state index in [-0.39, 0.29) is 23.1 Å². The highest BCUT2D eigenvalue weighted by atomic mass is 32.2. The van der Waals surface area contributed by atoms with Crippen LogP contribution in [0.25, 0.3) is 0 Å². The molecule has 0 radical (unpaired) electrons. The fraction of sp³-hybridized carbons (Fsp3) is 0.417. The molecule has 0 saturated carbocycles. The number of anilines is 2. The number of sulfone groups is 1. The molecule has 1 saturated heterocycles. The number of carbonyl (C=O) groups is 1. The summed E-state index contributed by atoms with van der Waals surface area (Å²) in [5, 5.41) is 3.12. The highest BCUT2D eigenvalue weighted by Crippen LogP contribution is 2.21. The average Bonchev–Trinajstić information content (AvgIpc) is 2.30. The number of hydrogen-bond acceptors (Lipinski definition) is 5. The Kier molecular flexibility index (Phi) is 3.66. The maximum atomic E-state index is 11.5. The van der Waals surface area contributed by atoms with Gasteiger partial charge in [-0.3, -0.25) is 4.79 Å². The van der Waals surface area contributed by atoms with Crippen LogP contribution in [-0.4, -0.2) is 31.9 Å². The quantitative estimate of drug-likeness (QED) is 0.693. The Morgan fingerprint density at radius 1 is 1.37 bits per heavy atom. The summed E-state index contributed by atoms with van der Waals surface area (Å²) in [6.07, 6.45) is 1.44. The Morgan fingerprint density at radius 3 is 2.74 bits per heavy atom. The molecular weight excluding hydrogens is 266 g/mol. The van der Waals surface area contributed by atoms with Crippen LogP contribution in [0.15, 0.2) is 18.2 Å². The highest BCUT2D eigenvalue weighted by molar-refractivity contribution is 7.91. The van der Waals surface area contributed by atoms with Crippen LogP contribution in [0.2, 0.25) is 0 Å². The Bertz CT molecular complexity index is 598. The molecule has 7 heteroatoms. The van der Waals surface area contributed by atoms with Gasteiger partial charge < -0.3 is 16.8 Å². The molecule has 1 aromatic carbocycles. The van der Waals surface area contributed by atoms with Gasteiger partial charge in [-0.2, -0.15) is 0 Å². The van der Waals surface area contributed by atoms with E-state index in [0.29, 0.717) is 17.8 Å². The fourth-order valence-electron chi connectivity index (χ4n) is 2.23. The van der Waals surface area contributed by atoms with Crippen LogP contribution in [0.1, 0.15) is 23.2 Å². The Morgan fingerprint density at radius 2 is 2.11 bits per heavy atom. The second-order valence-corrected chi connectivity index (χ2v) is 6.99. The molecule has 0 aromatic heterocycles. The third kappa shape index (κ3) is 3.37. The van der Waals surface area contributed by atoms with Gasteiger partial charge in [0.15, 0.2) is 9.84 Å². The number of nitrogens with one attached hydrogen (secondary N) is 1. The number of nitrogens with two attached hydrogens (primary N) is 2. The normalized spacial score (nSPS) is 21.8. The van der Waals surface area contributed by atoms with Crippen molar-refractivity contribution in [2.45, 2.75) is 18.9 Å². The molecule has 1 amide bonds. The van der Waals surface area contributed by atoms with Crippen molar-refractivity contribution >= 4 is 27.1 Å². The molecule has 1 aliphatic rings. The zero-order valence-electron chi connectivity index (χ0n) is 10.4. The van der Waals surface area contributed by atoms with Gasteiger partial charge in [-0.1, -0.05) is 0 Å². The molecule has 1 unspecified atom stereocenters. The lowest BCUT2D eigenvalue weighted by Crippen LogP contribution is -2.34. The van der Waals surface area contributed by atoms with Gasteiger partial charge in [0, 0.05) is 17.4 Å². The van der Waals surface area contributed by atoms with Crippen LogP contribution in [0, 0.1) is 0 Å². The SMILES string of the molecule is NC(=O)c1cc(NC2CCCS(=O)(=O)C2)ccc1N. The van der Waals surface area contributed by atoms with Crippen molar-refractivity contribution in [2.75, 3.05) is 22.6 Å². The second-order valence-electron chi connectivity index (χ2n) is 4.76. The summed E-state index contributed by atoms with van der Waals surface area (Å²) in [5.41, 5.74) is 12.1. The fourth-order valence-corrected chi connectivity index (χ4v) is 3.87. The maximum absolute atomic E-state index is 11.5. The van der Waals surface area contributed by atoms with Gasteiger partial charge in [-0.15, -0.1) is 0 Å². The molecule has 6 nitrogen and oxygen atoms in total. The minimum Gasteiger partial charge on any atom is -0.398 e. The Balaban J connectivity index is 2.15. The minimum atomic E-state index is -2.97. The van der Waals surface area contributed by atoms with Gasteiger partial charge in [0.25, 0.3) is 5.91 Å². The van der Waals surface area contributed by atoms with Crippen LogP contribution in [0.5, 0.6) is 0 Å². The van der Waals surface area contributed by atoms with E-state index >= 15 is 0 Å². The number of rotatable bonds is 3. The van der Waals surface area contributed by atoms with Crippen molar-refractivity contribution in [1.29, 1.82) is 0 Å². The minimum absolute atomic E-state index is 0.114. The molecule has 1 atom stereocenters. The van der Waals surface area contributed by atoms with Crippen LogP contribution in [0.3, 0.4) is 0 Å². The third-order valence-electron chi connectivity index (χ3n) is 3.15. The number of hydrogen-bond donors (Lipinski definition) is 3. The van der Waals surface area contributed by atoms with E-state index in [0.717, 1.165) is 6.42 Å². The van der Waals surface area contributed by atoms with Crippen LogP contribution < -0.4 is 16.8 Å². The van der Waals surface area contributed by atoms with Crippen LogP contribution in [0.4, 0.5) is 11.4 Å². The van der Waals surface area contributed by atoms with Gasteiger partial charge >= 0.3 is 0 Å². The standard InChI is InChI=1S/C12H17N3O3S/c13-11-4-3-8(6-10(11)12(14)16)15-9-2-1-5-19(17,18)7-9/h3-4,6,9,15H,1-2,5,7,13H2,(H2,14,16). The number of benzene rings is 1. The molecule has 1 aliphatic heterocycles. The first kappa shape index (κ1) is 13.7. The largest absolute Gasteiger partial charge is 0.398 e. The molecule has 2 rings (SSSR count). The van der Waals surface area contributed by atoms with Gasteiger partial charge in [0.1, 0.15) is 0 Å². The summed E-state index contributed by atoms with van der Waals surface area (Å²) in [7, 11) is -2.97. The van der Waals surface area contributed by atoms with Crippen molar-refractivity contribution in [2.24, 2.45) is 5.73 Å². The molecule has 0 spiro atoms. The molecule has 0 aliphatic carbocycles. The Labute approximate surface area is 112 Å². The molecule has 104 valence electrons. The second kappa shape index (κ2) is 5.08. The number of nitrogen functional groups attached to an aromatic ring is 1. The predicted octanol–water partition coefficient (Wildman–Crippen LogP) is 0.357. The van der Waals surface area contributed by atoms with E-state index in [2.05, 4.69) is 5.32 Å². The van der Waals surface area contributed by atoms with Crippen LogP contribution in [-0.2, 0) is 9.84 Å². The summed E-state index contributed by atoms with van der Waals surface area (Å²) >= 11 is 0. The zero-order chi connectivity index (χ0) is 14.0. The zero-order valence-corrected chi connectivity index (χ0v) is 11.2. The topological polar surface area (TPSA) is 115 Å². The molecule has 19 heavy (non-hydrogen) atoms. The summed E-state index contributed by atoms with van der Waals surface area (Å²) in [5.74, 6) is -0.236. The third-order valence-corrected chi connectivity index (χ3v) is 4.97. The lowest BCUT2D eigenvalue weighted by Gasteiger charge is -2.24. The van der Waals surface area contributed by atoms with Gasteiger partial charge in [-0.25, -0.2) is 8.42 Å². The first-order valence-electron chi connectivity index (χ1n) is 6.04. The molecule has 1 aromatic rings. The summed E-state index contributed by atoms with van der Waals surface area (Å²) in [6, 6.07) is 4.71. The number of carbonyl (C=O) groups excluding carboxylic acids is 1. The smallest absolute Gasteiger partial charge is 0.250 e. The summed E-state index contributed by atoms with van der Waals surface area (Å²) in [4.78, 5) is 11.2. The monoisotopic (exact) mass is 283 g/mol. The van der Waals surface area contributed by atoms with Crippen LogP contribution >= 0.6 is 0 Å². The van der Waals surface area contributed by atoms with E-state index in [1.807, 2.05) is 0 Å². The van der Waals surface area contributed by atoms with Gasteiger partial charge in [0.2, 0.25) is 0 Å². The highest BCUT2D eigenvalue weighted by Gasteiger charge is 2.24. The molecule has 1 heterocycles. The first-order chi connectivity index (χ1) is 8.87. The Hall–Kier alpha value is -1.76. The van der Waals surface area contributed by atoms with Gasteiger partial charge in [0.05, 0.1) is 17.1 Å². The van der Waals surface area contributed by atoms with Crippen molar-refractivity contribution < 1.29 is 13.2 Å². The van der Waals surface area contributed by atoms with Gasteiger partial charge in [-0.05, 0) is 31.0 Å². The maximum Gasteiger partial charge on any atom is 0.250 e. The molecular formula is C12H17N3O3S. The lowest BCUT2D eigenvalue weighted by atomic mass is 10.1. The summed E-state index contributed by atoms with van der Waals surface area (Å²) in [6.45, 7) is 0. The van der Waals surface area contributed by atoms with E-state index in [1.165, 1.54) is 0 Å². The summed E-state index contributed by atoms with van der Waals surface area (Å²) < 4.78 is 23.1. The molecule has 1 fully saturated rings. The molecule has 0 bridgehead atoms. The first-order valence-corrected chi connectivity index (χ1v) is 7.86. The number of amides is 1.